The summed E-state index contributed by atoms with van der Waals surface area (Å²) in [6.45, 7) is 6.11. The quantitative estimate of drug-likeness (QED) is 0.271. The molecule has 1 N–H and O–H groups in total. The van der Waals surface area contributed by atoms with Gasteiger partial charge in [-0.3, -0.25) is 14.5 Å². The number of aryl methyl sites for hydroxylation is 1. The van der Waals surface area contributed by atoms with Gasteiger partial charge in [0.1, 0.15) is 11.5 Å². The zero-order valence-corrected chi connectivity index (χ0v) is 21.6. The molecule has 3 aromatic carbocycles. The van der Waals surface area contributed by atoms with Gasteiger partial charge in [0.05, 0.1) is 24.3 Å². The summed E-state index contributed by atoms with van der Waals surface area (Å²) in [5, 5.41) is 11.5. The Morgan fingerprint density at radius 3 is 2.17 bits per heavy atom. The van der Waals surface area contributed by atoms with Gasteiger partial charge in [-0.1, -0.05) is 49.7 Å². The number of Topliss-reactive ketones (excluding diaryl/α,β-unsaturated/α-hetero) is 1. The van der Waals surface area contributed by atoms with Gasteiger partial charge in [0.15, 0.2) is 0 Å². The fraction of sp³-hybridized carbons (Fsp3) is 0.267. The first kappa shape index (κ1) is 25.0. The number of amides is 1. The molecule has 6 nitrogen and oxygen atoms in total. The van der Waals surface area contributed by atoms with E-state index in [9.17, 15) is 14.7 Å². The number of hydrogen-bond donors (Lipinski definition) is 1. The molecule has 1 saturated heterocycles. The summed E-state index contributed by atoms with van der Waals surface area (Å²) >= 11 is 0. The van der Waals surface area contributed by atoms with Gasteiger partial charge in [0.25, 0.3) is 11.7 Å². The Morgan fingerprint density at radius 2 is 1.61 bits per heavy atom. The number of ketones is 1. The lowest BCUT2D eigenvalue weighted by atomic mass is 9.92. The van der Waals surface area contributed by atoms with E-state index in [1.165, 1.54) is 12.0 Å². The molecule has 36 heavy (non-hydrogen) atoms. The standard InChI is InChI=1S/C30H32N2O4/c1-18(2)20-8-10-21(11-9-20)27-26(28(33)24-17-19(3)7-16-25(24)36-6)29(34)30(35)32(27)23-14-12-22(13-15-23)31(4)5/h7-18,27,33H,1-6H3/b28-26+. The highest BCUT2D eigenvalue weighted by atomic mass is 16.5. The number of hydrogen-bond acceptors (Lipinski definition) is 5. The van der Waals surface area contributed by atoms with E-state index < -0.39 is 17.7 Å². The predicted molar refractivity (Wildman–Crippen MR) is 144 cm³/mol. The first-order valence-corrected chi connectivity index (χ1v) is 12.0. The van der Waals surface area contributed by atoms with Crippen LogP contribution in [0.4, 0.5) is 11.4 Å². The van der Waals surface area contributed by atoms with Crippen molar-refractivity contribution in [3.05, 3.63) is 94.6 Å². The van der Waals surface area contributed by atoms with E-state index in [0.29, 0.717) is 22.9 Å². The molecule has 0 saturated carbocycles. The fourth-order valence-electron chi connectivity index (χ4n) is 4.54. The molecule has 1 fully saturated rings. The highest BCUT2D eigenvalue weighted by Crippen LogP contribution is 2.43. The zero-order valence-electron chi connectivity index (χ0n) is 21.6. The van der Waals surface area contributed by atoms with Gasteiger partial charge in [-0.15, -0.1) is 0 Å². The number of carbonyl (C=O) groups excluding carboxylic acids is 2. The molecule has 1 aliphatic heterocycles. The molecule has 1 atom stereocenters. The largest absolute Gasteiger partial charge is 0.507 e. The van der Waals surface area contributed by atoms with Gasteiger partial charge in [-0.2, -0.15) is 0 Å². The van der Waals surface area contributed by atoms with E-state index in [-0.39, 0.29) is 11.3 Å². The number of aliphatic hydroxyl groups is 1. The minimum atomic E-state index is -0.790. The molecule has 1 amide bonds. The summed E-state index contributed by atoms with van der Waals surface area (Å²) in [5.74, 6) is -0.905. The lowest BCUT2D eigenvalue weighted by Crippen LogP contribution is -2.29. The zero-order chi connectivity index (χ0) is 26.1. The molecule has 186 valence electrons. The van der Waals surface area contributed by atoms with Crippen molar-refractivity contribution in [2.75, 3.05) is 31.0 Å². The van der Waals surface area contributed by atoms with Crippen LogP contribution in [-0.4, -0.2) is 38.0 Å². The minimum Gasteiger partial charge on any atom is -0.507 e. The molecule has 1 unspecified atom stereocenters. The second kappa shape index (κ2) is 9.90. The highest BCUT2D eigenvalue weighted by Gasteiger charge is 2.47. The van der Waals surface area contributed by atoms with E-state index in [2.05, 4.69) is 13.8 Å². The van der Waals surface area contributed by atoms with Crippen molar-refractivity contribution >= 4 is 28.8 Å². The summed E-state index contributed by atoms with van der Waals surface area (Å²) in [7, 11) is 5.38. The van der Waals surface area contributed by atoms with Crippen LogP contribution >= 0.6 is 0 Å². The lowest BCUT2D eigenvalue weighted by Gasteiger charge is -2.26. The number of benzene rings is 3. The predicted octanol–water partition coefficient (Wildman–Crippen LogP) is 5.82. The van der Waals surface area contributed by atoms with Crippen molar-refractivity contribution in [1.29, 1.82) is 0 Å². The molecule has 6 heteroatoms. The number of carbonyl (C=O) groups is 2. The summed E-state index contributed by atoms with van der Waals surface area (Å²) in [6.07, 6.45) is 0. The van der Waals surface area contributed by atoms with Gasteiger partial charge in [-0.25, -0.2) is 0 Å². The first-order chi connectivity index (χ1) is 17.1. The normalized spacial score (nSPS) is 17.1. The number of methoxy groups -OCH3 is 1. The van der Waals surface area contributed by atoms with Crippen molar-refractivity contribution in [2.45, 2.75) is 32.7 Å². The van der Waals surface area contributed by atoms with Crippen molar-refractivity contribution in [1.82, 2.24) is 0 Å². The van der Waals surface area contributed by atoms with Crippen LogP contribution in [-0.2, 0) is 9.59 Å². The maximum absolute atomic E-state index is 13.5. The minimum absolute atomic E-state index is 0.0397. The van der Waals surface area contributed by atoms with Gasteiger partial charge < -0.3 is 14.7 Å². The van der Waals surface area contributed by atoms with Crippen LogP contribution in [0, 0.1) is 6.92 Å². The second-order valence-corrected chi connectivity index (χ2v) is 9.61. The Labute approximate surface area is 212 Å². The first-order valence-electron chi connectivity index (χ1n) is 12.0. The summed E-state index contributed by atoms with van der Waals surface area (Å²) in [6, 6.07) is 19.9. The van der Waals surface area contributed by atoms with E-state index in [4.69, 9.17) is 4.74 Å². The summed E-state index contributed by atoms with van der Waals surface area (Å²) in [4.78, 5) is 30.3. The molecule has 0 spiro atoms. The Morgan fingerprint density at radius 1 is 0.972 bits per heavy atom. The Bertz CT molecular complexity index is 1320. The van der Waals surface area contributed by atoms with E-state index in [1.54, 1.807) is 12.1 Å². The summed E-state index contributed by atoms with van der Waals surface area (Å²) < 4.78 is 5.46. The SMILES string of the molecule is COc1ccc(C)cc1/C(O)=C1\C(=O)C(=O)N(c2ccc(N(C)C)cc2)C1c1ccc(C(C)C)cc1. The van der Waals surface area contributed by atoms with E-state index in [1.807, 2.05) is 80.5 Å². The number of aliphatic hydroxyl groups excluding tert-OH is 1. The van der Waals surface area contributed by atoms with Crippen molar-refractivity contribution in [3.63, 3.8) is 0 Å². The van der Waals surface area contributed by atoms with Gasteiger partial charge in [0, 0.05) is 25.5 Å². The number of ether oxygens (including phenoxy) is 1. The number of anilines is 2. The maximum atomic E-state index is 13.5. The van der Waals surface area contributed by atoms with Crippen LogP contribution in [0.25, 0.3) is 5.76 Å². The monoisotopic (exact) mass is 484 g/mol. The number of rotatable bonds is 6. The summed E-state index contributed by atoms with van der Waals surface area (Å²) in [5.41, 5.74) is 4.74. The van der Waals surface area contributed by atoms with Crippen molar-refractivity contribution in [3.8, 4) is 5.75 Å². The maximum Gasteiger partial charge on any atom is 0.300 e. The molecule has 0 bridgehead atoms. The molecule has 0 aromatic heterocycles. The smallest absolute Gasteiger partial charge is 0.300 e. The van der Waals surface area contributed by atoms with Crippen LogP contribution in [0.1, 0.15) is 48.1 Å². The van der Waals surface area contributed by atoms with E-state index >= 15 is 0 Å². The molecule has 1 heterocycles. The number of nitrogens with zero attached hydrogens (tertiary/aromatic N) is 2. The third kappa shape index (κ3) is 4.47. The van der Waals surface area contributed by atoms with Gasteiger partial charge in [0.2, 0.25) is 0 Å². The molecule has 0 aliphatic carbocycles. The van der Waals surface area contributed by atoms with Crippen LogP contribution in [0.15, 0.2) is 72.3 Å². The van der Waals surface area contributed by atoms with E-state index in [0.717, 1.165) is 22.4 Å². The highest BCUT2D eigenvalue weighted by molar-refractivity contribution is 6.51. The Kier molecular flexibility index (Phi) is 6.88. The molecular weight excluding hydrogens is 452 g/mol. The molecule has 1 aliphatic rings. The van der Waals surface area contributed by atoms with Crippen molar-refractivity contribution < 1.29 is 19.4 Å². The molecule has 3 aromatic rings. The third-order valence-corrected chi connectivity index (χ3v) is 6.62. The average molecular weight is 485 g/mol. The van der Waals surface area contributed by atoms with Gasteiger partial charge >= 0.3 is 0 Å². The van der Waals surface area contributed by atoms with Crippen molar-refractivity contribution in [2.24, 2.45) is 0 Å². The topological polar surface area (TPSA) is 70.1 Å². The fourth-order valence-corrected chi connectivity index (χ4v) is 4.54. The van der Waals surface area contributed by atoms with Crippen LogP contribution < -0.4 is 14.5 Å². The average Bonchev–Trinajstić information content (AvgIpc) is 3.13. The van der Waals surface area contributed by atoms with Gasteiger partial charge in [-0.05, 0) is 60.4 Å². The van der Waals surface area contributed by atoms with Crippen LogP contribution in [0.3, 0.4) is 0 Å². The molecular formula is C30H32N2O4. The van der Waals surface area contributed by atoms with Crippen LogP contribution in [0.5, 0.6) is 5.75 Å². The lowest BCUT2D eigenvalue weighted by molar-refractivity contribution is -0.132. The van der Waals surface area contributed by atoms with Crippen LogP contribution in [0.2, 0.25) is 0 Å². The Hall–Kier alpha value is -4.06. The molecule has 4 rings (SSSR count). The second-order valence-electron chi connectivity index (χ2n) is 9.61. The Balaban J connectivity index is 1.94. The third-order valence-electron chi connectivity index (χ3n) is 6.62. The molecule has 0 radical (unpaired) electrons.